The fraction of sp³-hybridized carbons (Fsp3) is 0.320. The van der Waals surface area contributed by atoms with Crippen LogP contribution < -0.4 is 0 Å². The monoisotopic (exact) mass is 454 g/mol. The fourth-order valence-electron chi connectivity index (χ4n) is 4.95. The molecule has 7 heteroatoms. The quantitative estimate of drug-likeness (QED) is 0.637. The fourth-order valence-corrected chi connectivity index (χ4v) is 5.89. The molecule has 2 aliphatic carbocycles. The lowest BCUT2D eigenvalue weighted by Crippen LogP contribution is -2.32. The van der Waals surface area contributed by atoms with Crippen molar-refractivity contribution in [3.63, 3.8) is 0 Å². The van der Waals surface area contributed by atoms with Crippen molar-refractivity contribution in [2.24, 2.45) is 11.8 Å². The maximum Gasteiger partial charge on any atom is 0.297 e. The number of halogens is 1. The van der Waals surface area contributed by atoms with Crippen molar-refractivity contribution < 1.29 is 26.5 Å². The van der Waals surface area contributed by atoms with Crippen LogP contribution in [0.15, 0.2) is 77.5 Å². The normalized spacial score (nSPS) is 29.0. The molecule has 1 aliphatic heterocycles. The van der Waals surface area contributed by atoms with E-state index in [1.54, 1.807) is 24.3 Å². The molecular weight excluding hydrogens is 431 g/mol. The Kier molecular flexibility index (Phi) is 5.35. The van der Waals surface area contributed by atoms with Gasteiger partial charge in [-0.15, -0.1) is 0 Å². The molecule has 0 bridgehead atoms. The van der Waals surface area contributed by atoms with E-state index in [9.17, 15) is 17.6 Å². The number of ether oxygens (including phenoxy) is 1. The summed E-state index contributed by atoms with van der Waals surface area (Å²) in [6.45, 7) is 1.74. The minimum Gasteiger partial charge on any atom is -0.371 e. The van der Waals surface area contributed by atoms with Crippen molar-refractivity contribution in [3.8, 4) is 0 Å². The number of allylic oxidation sites excluding steroid dienone is 3. The van der Waals surface area contributed by atoms with Crippen molar-refractivity contribution in [3.05, 3.63) is 89.3 Å². The molecule has 166 valence electrons. The molecule has 1 fully saturated rings. The molecule has 32 heavy (non-hydrogen) atoms. The predicted octanol–water partition coefficient (Wildman–Crippen LogP) is 4.49. The van der Waals surface area contributed by atoms with Gasteiger partial charge in [0.15, 0.2) is 5.78 Å². The molecule has 0 radical (unpaired) electrons. The van der Waals surface area contributed by atoms with Crippen molar-refractivity contribution in [2.45, 2.75) is 36.4 Å². The van der Waals surface area contributed by atoms with Gasteiger partial charge in [0, 0.05) is 23.3 Å². The van der Waals surface area contributed by atoms with Crippen LogP contribution in [0.3, 0.4) is 0 Å². The molecule has 0 aromatic heterocycles. The van der Waals surface area contributed by atoms with Crippen LogP contribution in [0.4, 0.5) is 4.39 Å². The smallest absolute Gasteiger partial charge is 0.297 e. The van der Waals surface area contributed by atoms with E-state index in [1.165, 1.54) is 24.3 Å². The van der Waals surface area contributed by atoms with E-state index in [4.69, 9.17) is 8.92 Å². The first-order chi connectivity index (χ1) is 15.3. The first-order valence-corrected chi connectivity index (χ1v) is 12.0. The Labute approximate surface area is 186 Å². The van der Waals surface area contributed by atoms with Gasteiger partial charge in [0.05, 0.1) is 23.7 Å². The Morgan fingerprint density at radius 2 is 1.88 bits per heavy atom. The number of ketones is 1. The van der Waals surface area contributed by atoms with Gasteiger partial charge in [0.1, 0.15) is 5.83 Å². The lowest BCUT2D eigenvalue weighted by molar-refractivity contribution is -0.00846. The maximum atomic E-state index is 14.1. The van der Waals surface area contributed by atoms with Crippen LogP contribution in [0, 0.1) is 18.8 Å². The van der Waals surface area contributed by atoms with Crippen LogP contribution in [0.2, 0.25) is 0 Å². The Morgan fingerprint density at radius 1 is 1.12 bits per heavy atom. The topological polar surface area (TPSA) is 69.7 Å². The lowest BCUT2D eigenvalue weighted by atomic mass is 9.79. The van der Waals surface area contributed by atoms with Gasteiger partial charge < -0.3 is 4.74 Å². The maximum absolute atomic E-state index is 14.1. The molecule has 2 aromatic carbocycles. The summed E-state index contributed by atoms with van der Waals surface area (Å²) in [4.78, 5) is 13.3. The highest BCUT2D eigenvalue weighted by Crippen LogP contribution is 2.48. The number of hydrogen-bond donors (Lipinski definition) is 0. The van der Waals surface area contributed by atoms with Crippen molar-refractivity contribution in [1.29, 1.82) is 0 Å². The molecule has 2 aromatic rings. The Balaban J connectivity index is 1.41. The van der Waals surface area contributed by atoms with Gasteiger partial charge in [0.2, 0.25) is 0 Å². The first-order valence-electron chi connectivity index (χ1n) is 10.6. The van der Waals surface area contributed by atoms with E-state index < -0.39 is 40.0 Å². The summed E-state index contributed by atoms with van der Waals surface area (Å²) in [5.74, 6) is -1.56. The van der Waals surface area contributed by atoms with E-state index in [0.29, 0.717) is 12.0 Å². The number of rotatable bonds is 4. The molecule has 3 aliphatic rings. The molecular formula is C25H23FO5S. The van der Waals surface area contributed by atoms with Crippen LogP contribution in [0.1, 0.15) is 33.8 Å². The molecule has 5 nitrogen and oxygen atoms in total. The molecule has 1 heterocycles. The summed E-state index contributed by atoms with van der Waals surface area (Å²) in [5, 5.41) is 0. The van der Waals surface area contributed by atoms with Crippen molar-refractivity contribution >= 4 is 15.9 Å². The van der Waals surface area contributed by atoms with Crippen molar-refractivity contribution in [2.75, 3.05) is 6.61 Å². The van der Waals surface area contributed by atoms with E-state index in [2.05, 4.69) is 0 Å². The van der Waals surface area contributed by atoms with E-state index >= 15 is 0 Å². The third kappa shape index (κ3) is 3.74. The third-order valence-corrected chi connectivity index (χ3v) is 7.81. The average Bonchev–Trinajstić information content (AvgIpc) is 3.18. The third-order valence-electron chi connectivity index (χ3n) is 6.52. The minimum absolute atomic E-state index is 0.0432. The lowest BCUT2D eigenvalue weighted by Gasteiger charge is -2.28. The van der Waals surface area contributed by atoms with Gasteiger partial charge in [-0.3, -0.25) is 8.98 Å². The zero-order valence-electron chi connectivity index (χ0n) is 17.5. The van der Waals surface area contributed by atoms with Gasteiger partial charge in [0.25, 0.3) is 10.1 Å². The summed E-state index contributed by atoms with van der Waals surface area (Å²) in [7, 11) is -3.92. The highest BCUT2D eigenvalue weighted by Gasteiger charge is 2.48. The summed E-state index contributed by atoms with van der Waals surface area (Å²) < 4.78 is 50.9. The van der Waals surface area contributed by atoms with E-state index in [0.717, 1.165) is 11.1 Å². The van der Waals surface area contributed by atoms with Gasteiger partial charge in [-0.25, -0.2) is 4.39 Å². The van der Waals surface area contributed by atoms with E-state index in [-0.39, 0.29) is 23.2 Å². The largest absolute Gasteiger partial charge is 0.371 e. The predicted molar refractivity (Wildman–Crippen MR) is 116 cm³/mol. The number of hydrogen-bond acceptors (Lipinski definition) is 5. The summed E-state index contributed by atoms with van der Waals surface area (Å²) in [6, 6.07) is 13.8. The number of benzene rings is 2. The zero-order chi connectivity index (χ0) is 22.5. The number of carbonyl (C=O) groups excluding carboxylic acids is 1. The Morgan fingerprint density at radius 3 is 2.66 bits per heavy atom. The molecule has 0 amide bonds. The summed E-state index contributed by atoms with van der Waals surface area (Å²) in [6.07, 6.45) is 3.94. The van der Waals surface area contributed by atoms with Crippen LogP contribution in [-0.4, -0.2) is 33.0 Å². The number of Topliss-reactive ketones (excluding diaryl/α,β-unsaturated/α-hetero) is 1. The second kappa shape index (κ2) is 8.06. The first kappa shape index (κ1) is 21.2. The number of fused-ring (bicyclic) bond motifs is 5. The standard InChI is InChI=1S/C25H23FO5S/c1-15-6-9-18(10-7-15)32(28,29)30-14-17-13-23-19-4-2-3-5-20(19)24(27)21-11-8-16(26)12-22(21)25(23)31-17/h2-12,17,21-23,25H,13-14H2,1H3/t17-,21?,22?,23-,25-/m1/s1. The zero-order valence-corrected chi connectivity index (χ0v) is 18.3. The second-order valence-electron chi connectivity index (χ2n) is 8.58. The summed E-state index contributed by atoms with van der Waals surface area (Å²) >= 11 is 0. The molecule has 0 saturated carbocycles. The van der Waals surface area contributed by atoms with E-state index in [1.807, 2.05) is 25.1 Å². The van der Waals surface area contributed by atoms with Crippen LogP contribution in [-0.2, 0) is 19.0 Å². The van der Waals surface area contributed by atoms with Crippen molar-refractivity contribution in [1.82, 2.24) is 0 Å². The van der Waals surface area contributed by atoms with Crippen LogP contribution >= 0.6 is 0 Å². The van der Waals surface area contributed by atoms with Gasteiger partial charge in [-0.1, -0.05) is 48.0 Å². The number of carbonyl (C=O) groups is 1. The summed E-state index contributed by atoms with van der Waals surface area (Å²) in [5.41, 5.74) is 2.43. The molecule has 5 rings (SSSR count). The molecule has 0 N–H and O–H groups in total. The molecule has 0 spiro atoms. The van der Waals surface area contributed by atoms with Gasteiger partial charge >= 0.3 is 0 Å². The molecule has 2 unspecified atom stereocenters. The van der Waals surface area contributed by atoms with Gasteiger partial charge in [-0.05, 0) is 43.2 Å². The molecule has 5 atom stereocenters. The number of aryl methyl sites for hydroxylation is 1. The van der Waals surface area contributed by atoms with Crippen LogP contribution in [0.25, 0.3) is 0 Å². The highest BCUT2D eigenvalue weighted by atomic mass is 32.2. The average molecular weight is 455 g/mol. The Bertz CT molecular complexity index is 1220. The van der Waals surface area contributed by atoms with Gasteiger partial charge in [-0.2, -0.15) is 8.42 Å². The molecule has 1 saturated heterocycles. The second-order valence-corrected chi connectivity index (χ2v) is 10.2. The Hall–Kier alpha value is -2.61. The van der Waals surface area contributed by atoms with Crippen LogP contribution in [0.5, 0.6) is 0 Å². The minimum atomic E-state index is -3.92. The SMILES string of the molecule is Cc1ccc(S(=O)(=O)OC[C@H]2C[C@@H]3c4ccccc4C(=O)C4C=CC(F)=CC4[C@H]3O2)cc1. The highest BCUT2D eigenvalue weighted by molar-refractivity contribution is 7.86.